The fraction of sp³-hybridized carbons (Fsp3) is 0.400. The van der Waals surface area contributed by atoms with Crippen LogP contribution in [0.25, 0.3) is 0 Å². The zero-order valence-corrected chi connectivity index (χ0v) is 7.45. The number of hydrogen-bond donors (Lipinski definition) is 1. The van der Waals surface area contributed by atoms with Gasteiger partial charge in [0.1, 0.15) is 17.6 Å². The standard InChI is InChI=1S/C10H14O2/c1-3-4-5-9(11)10-7-6-8(2)12-10/h4-7,9,11H,3H2,1-2H3. The first-order valence-corrected chi connectivity index (χ1v) is 4.15. The summed E-state index contributed by atoms with van der Waals surface area (Å²) in [6.07, 6.45) is 3.98. The summed E-state index contributed by atoms with van der Waals surface area (Å²) in [4.78, 5) is 0. The predicted octanol–water partition coefficient (Wildman–Crippen LogP) is 2.59. The van der Waals surface area contributed by atoms with E-state index in [0.717, 1.165) is 12.2 Å². The molecule has 0 saturated carbocycles. The Morgan fingerprint density at radius 2 is 2.33 bits per heavy atom. The maximum absolute atomic E-state index is 9.48. The van der Waals surface area contributed by atoms with Gasteiger partial charge in [-0.3, -0.25) is 0 Å². The molecule has 1 unspecified atom stereocenters. The molecule has 66 valence electrons. The Hall–Kier alpha value is -1.02. The minimum absolute atomic E-state index is 0.598. The molecule has 0 saturated heterocycles. The number of rotatable bonds is 3. The third-order valence-corrected chi connectivity index (χ3v) is 1.61. The van der Waals surface area contributed by atoms with Gasteiger partial charge >= 0.3 is 0 Å². The number of allylic oxidation sites excluding steroid dienone is 1. The lowest BCUT2D eigenvalue weighted by Gasteiger charge is -1.99. The molecule has 0 aromatic carbocycles. The van der Waals surface area contributed by atoms with E-state index in [1.165, 1.54) is 0 Å². The average Bonchev–Trinajstić information content (AvgIpc) is 2.47. The lowest BCUT2D eigenvalue weighted by Crippen LogP contribution is -1.89. The molecule has 0 amide bonds. The van der Waals surface area contributed by atoms with Gasteiger partial charge in [0.25, 0.3) is 0 Å². The Morgan fingerprint density at radius 1 is 1.58 bits per heavy atom. The molecule has 2 heteroatoms. The zero-order chi connectivity index (χ0) is 8.97. The molecule has 2 nitrogen and oxygen atoms in total. The van der Waals surface area contributed by atoms with Crippen LogP contribution in [0.1, 0.15) is 31.0 Å². The van der Waals surface area contributed by atoms with Crippen LogP contribution in [0.15, 0.2) is 28.7 Å². The van der Waals surface area contributed by atoms with Gasteiger partial charge in [0.2, 0.25) is 0 Å². The number of aliphatic hydroxyl groups excluding tert-OH is 1. The van der Waals surface area contributed by atoms with Crippen LogP contribution in [-0.4, -0.2) is 5.11 Å². The Kier molecular flexibility index (Phi) is 3.11. The van der Waals surface area contributed by atoms with Gasteiger partial charge in [-0.05, 0) is 25.5 Å². The fourth-order valence-corrected chi connectivity index (χ4v) is 0.972. The van der Waals surface area contributed by atoms with Crippen LogP contribution >= 0.6 is 0 Å². The van der Waals surface area contributed by atoms with Crippen LogP contribution in [0.3, 0.4) is 0 Å². The fourth-order valence-electron chi connectivity index (χ4n) is 0.972. The second-order valence-corrected chi connectivity index (χ2v) is 2.73. The van der Waals surface area contributed by atoms with Crippen molar-refractivity contribution in [1.29, 1.82) is 0 Å². The van der Waals surface area contributed by atoms with E-state index in [1.54, 1.807) is 12.1 Å². The summed E-state index contributed by atoms with van der Waals surface area (Å²) in [5.41, 5.74) is 0. The van der Waals surface area contributed by atoms with Gasteiger partial charge in [-0.15, -0.1) is 0 Å². The van der Waals surface area contributed by atoms with Crippen molar-refractivity contribution in [2.24, 2.45) is 0 Å². The Labute approximate surface area is 72.5 Å². The van der Waals surface area contributed by atoms with E-state index in [4.69, 9.17) is 4.42 Å². The normalized spacial score (nSPS) is 13.9. The molecule has 0 bridgehead atoms. The summed E-state index contributed by atoms with van der Waals surface area (Å²) in [6.45, 7) is 3.89. The van der Waals surface area contributed by atoms with Gasteiger partial charge in [0.15, 0.2) is 0 Å². The van der Waals surface area contributed by atoms with Crippen molar-refractivity contribution in [3.8, 4) is 0 Å². The topological polar surface area (TPSA) is 33.4 Å². The molecule has 1 atom stereocenters. The van der Waals surface area contributed by atoms with Crippen molar-refractivity contribution < 1.29 is 9.52 Å². The van der Waals surface area contributed by atoms with E-state index in [-0.39, 0.29) is 0 Å². The summed E-state index contributed by atoms with van der Waals surface area (Å²) < 4.78 is 5.24. The maximum atomic E-state index is 9.48. The van der Waals surface area contributed by atoms with Gasteiger partial charge in [-0.2, -0.15) is 0 Å². The summed E-state index contributed by atoms with van der Waals surface area (Å²) >= 11 is 0. The third-order valence-electron chi connectivity index (χ3n) is 1.61. The number of aryl methyl sites for hydroxylation is 1. The molecule has 1 N–H and O–H groups in total. The summed E-state index contributed by atoms with van der Waals surface area (Å²) in [5.74, 6) is 1.44. The van der Waals surface area contributed by atoms with E-state index < -0.39 is 6.10 Å². The molecular weight excluding hydrogens is 152 g/mol. The van der Waals surface area contributed by atoms with Crippen LogP contribution in [0, 0.1) is 6.92 Å². The second kappa shape index (κ2) is 4.12. The van der Waals surface area contributed by atoms with Gasteiger partial charge in [0.05, 0.1) is 0 Å². The third kappa shape index (κ3) is 2.24. The zero-order valence-electron chi connectivity index (χ0n) is 7.45. The van der Waals surface area contributed by atoms with E-state index in [1.807, 2.05) is 26.0 Å². The summed E-state index contributed by atoms with van der Waals surface area (Å²) in [6, 6.07) is 3.64. The van der Waals surface area contributed by atoms with Crippen LogP contribution in [0.4, 0.5) is 0 Å². The number of hydrogen-bond acceptors (Lipinski definition) is 2. The van der Waals surface area contributed by atoms with Crippen molar-refractivity contribution in [3.63, 3.8) is 0 Å². The van der Waals surface area contributed by atoms with Gasteiger partial charge < -0.3 is 9.52 Å². The Morgan fingerprint density at radius 3 is 2.83 bits per heavy atom. The molecule has 0 aliphatic rings. The lowest BCUT2D eigenvalue weighted by molar-refractivity contribution is 0.195. The number of aliphatic hydroxyl groups is 1. The predicted molar refractivity (Wildman–Crippen MR) is 47.8 cm³/mol. The van der Waals surface area contributed by atoms with Crippen molar-refractivity contribution in [3.05, 3.63) is 35.8 Å². The second-order valence-electron chi connectivity index (χ2n) is 2.73. The lowest BCUT2D eigenvalue weighted by atomic mass is 10.2. The highest BCUT2D eigenvalue weighted by Gasteiger charge is 2.06. The van der Waals surface area contributed by atoms with Crippen LogP contribution in [0.2, 0.25) is 0 Å². The highest BCUT2D eigenvalue weighted by Crippen LogP contribution is 2.16. The van der Waals surface area contributed by atoms with E-state index in [0.29, 0.717) is 5.76 Å². The van der Waals surface area contributed by atoms with Crippen molar-refractivity contribution in [2.75, 3.05) is 0 Å². The first-order valence-electron chi connectivity index (χ1n) is 4.15. The molecule has 0 fully saturated rings. The van der Waals surface area contributed by atoms with E-state index >= 15 is 0 Å². The molecule has 1 aromatic heterocycles. The highest BCUT2D eigenvalue weighted by atomic mass is 16.4. The molecular formula is C10H14O2. The molecule has 0 aliphatic heterocycles. The molecule has 1 rings (SSSR count). The molecule has 1 heterocycles. The smallest absolute Gasteiger partial charge is 0.136 e. The first kappa shape index (κ1) is 9.07. The Bertz CT molecular complexity index is 261. The monoisotopic (exact) mass is 166 g/mol. The maximum Gasteiger partial charge on any atom is 0.136 e. The first-order chi connectivity index (χ1) is 5.74. The summed E-state index contributed by atoms with van der Waals surface area (Å²) in [5, 5.41) is 9.48. The highest BCUT2D eigenvalue weighted by molar-refractivity contribution is 5.12. The van der Waals surface area contributed by atoms with E-state index in [9.17, 15) is 5.11 Å². The SMILES string of the molecule is CCC=CC(O)c1ccc(C)o1. The Balaban J connectivity index is 2.64. The van der Waals surface area contributed by atoms with Crippen LogP contribution in [-0.2, 0) is 0 Å². The largest absolute Gasteiger partial charge is 0.463 e. The van der Waals surface area contributed by atoms with Gasteiger partial charge in [-0.1, -0.05) is 19.1 Å². The van der Waals surface area contributed by atoms with Crippen molar-refractivity contribution in [1.82, 2.24) is 0 Å². The molecule has 0 spiro atoms. The summed E-state index contributed by atoms with van der Waals surface area (Å²) in [7, 11) is 0. The quantitative estimate of drug-likeness (QED) is 0.700. The van der Waals surface area contributed by atoms with Crippen LogP contribution < -0.4 is 0 Å². The van der Waals surface area contributed by atoms with Crippen LogP contribution in [0.5, 0.6) is 0 Å². The minimum Gasteiger partial charge on any atom is -0.463 e. The van der Waals surface area contributed by atoms with Gasteiger partial charge in [-0.25, -0.2) is 0 Å². The van der Waals surface area contributed by atoms with Crippen molar-refractivity contribution >= 4 is 0 Å². The molecule has 12 heavy (non-hydrogen) atoms. The molecule has 0 aliphatic carbocycles. The van der Waals surface area contributed by atoms with Crippen molar-refractivity contribution in [2.45, 2.75) is 26.4 Å². The molecule has 0 radical (unpaired) electrons. The number of furan rings is 1. The minimum atomic E-state index is -0.598. The van der Waals surface area contributed by atoms with Gasteiger partial charge in [0, 0.05) is 0 Å². The molecule has 1 aromatic rings. The van der Waals surface area contributed by atoms with E-state index in [2.05, 4.69) is 0 Å². The average molecular weight is 166 g/mol.